The van der Waals surface area contributed by atoms with Crippen LogP contribution in [0.25, 0.3) is 0 Å². The molecule has 1 heterocycles. The highest BCUT2D eigenvalue weighted by atomic mass is 32.2. The molecular weight excluding hydrogens is 346 g/mol. The molecular formula is C17H19NO4S2. The van der Waals surface area contributed by atoms with Crippen LogP contribution in [0.1, 0.15) is 20.8 Å². The quantitative estimate of drug-likeness (QED) is 0.556. The summed E-state index contributed by atoms with van der Waals surface area (Å²) in [5, 5.41) is 14.4. The molecule has 0 bridgehead atoms. The zero-order valence-corrected chi connectivity index (χ0v) is 14.9. The summed E-state index contributed by atoms with van der Waals surface area (Å²) in [7, 11) is 0. The van der Waals surface area contributed by atoms with Crippen molar-refractivity contribution >= 4 is 35.0 Å². The predicted molar refractivity (Wildman–Crippen MR) is 96.6 cm³/mol. The van der Waals surface area contributed by atoms with Crippen LogP contribution in [0.5, 0.6) is 5.75 Å². The third-order valence-corrected chi connectivity index (χ3v) is 5.17. The summed E-state index contributed by atoms with van der Waals surface area (Å²) in [5.41, 5.74) is 0.890. The number of rotatable bonds is 8. The molecule has 0 saturated carbocycles. The highest BCUT2D eigenvalue weighted by molar-refractivity contribution is 7.98. The van der Waals surface area contributed by atoms with E-state index in [0.717, 1.165) is 17.1 Å². The van der Waals surface area contributed by atoms with Gasteiger partial charge in [0.05, 0.1) is 0 Å². The Morgan fingerprint density at radius 1 is 1.33 bits per heavy atom. The number of carbonyl (C=O) groups is 2. The van der Waals surface area contributed by atoms with Crippen molar-refractivity contribution in [1.82, 2.24) is 5.32 Å². The average Bonchev–Trinajstić information content (AvgIpc) is 3.08. The van der Waals surface area contributed by atoms with Crippen molar-refractivity contribution in [1.29, 1.82) is 0 Å². The van der Waals surface area contributed by atoms with Crippen LogP contribution in [-0.4, -0.2) is 35.9 Å². The largest absolute Gasteiger partial charge is 0.507 e. The molecule has 1 aromatic heterocycles. The van der Waals surface area contributed by atoms with E-state index in [1.54, 1.807) is 36.1 Å². The fourth-order valence-corrected chi connectivity index (χ4v) is 3.60. The van der Waals surface area contributed by atoms with Gasteiger partial charge >= 0.3 is 5.97 Å². The Morgan fingerprint density at radius 3 is 2.92 bits per heavy atom. The van der Waals surface area contributed by atoms with Gasteiger partial charge in [-0.1, -0.05) is 17.7 Å². The van der Waals surface area contributed by atoms with E-state index in [1.165, 1.54) is 17.0 Å². The van der Waals surface area contributed by atoms with E-state index < -0.39 is 5.97 Å². The van der Waals surface area contributed by atoms with E-state index in [-0.39, 0.29) is 23.8 Å². The Kier molecular flexibility index (Phi) is 7.14. The predicted octanol–water partition coefficient (Wildman–Crippen LogP) is 2.97. The van der Waals surface area contributed by atoms with Gasteiger partial charge < -0.3 is 15.2 Å². The Balaban J connectivity index is 1.63. The molecule has 24 heavy (non-hydrogen) atoms. The minimum absolute atomic E-state index is 0.0642. The number of thiophene rings is 1. The fraction of sp³-hybridized carbons (Fsp3) is 0.294. The van der Waals surface area contributed by atoms with Crippen molar-refractivity contribution < 1.29 is 19.4 Å². The van der Waals surface area contributed by atoms with Gasteiger partial charge in [0.25, 0.3) is 5.91 Å². The zero-order valence-electron chi connectivity index (χ0n) is 13.3. The zero-order chi connectivity index (χ0) is 17.4. The third kappa shape index (κ3) is 5.90. The lowest BCUT2D eigenvalue weighted by Gasteiger charge is -2.08. The molecule has 2 aromatic rings. The summed E-state index contributed by atoms with van der Waals surface area (Å²) in [6.07, 6.45) is 0. The van der Waals surface area contributed by atoms with E-state index in [1.807, 2.05) is 11.4 Å². The highest BCUT2D eigenvalue weighted by Crippen LogP contribution is 2.19. The van der Waals surface area contributed by atoms with Crippen molar-refractivity contribution in [2.24, 2.45) is 0 Å². The Labute approximate surface area is 149 Å². The second-order valence-corrected chi connectivity index (χ2v) is 7.22. The van der Waals surface area contributed by atoms with Crippen molar-refractivity contribution in [2.75, 3.05) is 18.9 Å². The van der Waals surface area contributed by atoms with Crippen LogP contribution in [0.4, 0.5) is 0 Å². The summed E-state index contributed by atoms with van der Waals surface area (Å²) in [4.78, 5) is 24.8. The normalized spacial score (nSPS) is 10.4. The fourth-order valence-electron chi connectivity index (χ4n) is 1.90. The molecule has 0 aliphatic rings. The molecule has 0 atom stereocenters. The first-order valence-corrected chi connectivity index (χ1v) is 9.43. The molecule has 128 valence electrons. The molecule has 0 fully saturated rings. The first-order chi connectivity index (χ1) is 11.6. The lowest BCUT2D eigenvalue weighted by Crippen LogP contribution is -2.30. The first-order valence-electron chi connectivity index (χ1n) is 7.40. The summed E-state index contributed by atoms with van der Waals surface area (Å²) in [6, 6.07) is 8.74. The van der Waals surface area contributed by atoms with Gasteiger partial charge in [-0.2, -0.15) is 11.8 Å². The smallest absolute Gasteiger partial charge is 0.342 e. The minimum atomic E-state index is -0.710. The number of amides is 1. The van der Waals surface area contributed by atoms with Gasteiger partial charge in [-0.25, -0.2) is 4.79 Å². The van der Waals surface area contributed by atoms with Crippen molar-refractivity contribution in [3.05, 3.63) is 51.7 Å². The molecule has 1 amide bonds. The second-order valence-electron chi connectivity index (χ2n) is 5.08. The SMILES string of the molecule is Cc1ccc(O)c(C(=O)OCC(=O)NCCSCc2cccs2)c1. The van der Waals surface area contributed by atoms with Gasteiger partial charge in [-0.3, -0.25) is 4.79 Å². The molecule has 0 aliphatic carbocycles. The maximum Gasteiger partial charge on any atom is 0.342 e. The number of carbonyl (C=O) groups excluding carboxylic acids is 2. The van der Waals surface area contributed by atoms with Crippen LogP contribution >= 0.6 is 23.1 Å². The molecule has 5 nitrogen and oxygen atoms in total. The monoisotopic (exact) mass is 365 g/mol. The summed E-state index contributed by atoms with van der Waals surface area (Å²) < 4.78 is 4.93. The number of aryl methyl sites for hydroxylation is 1. The van der Waals surface area contributed by atoms with Crippen LogP contribution in [0, 0.1) is 6.92 Å². The summed E-state index contributed by atoms with van der Waals surface area (Å²) >= 11 is 3.45. The van der Waals surface area contributed by atoms with Crippen molar-refractivity contribution in [2.45, 2.75) is 12.7 Å². The van der Waals surface area contributed by atoms with E-state index >= 15 is 0 Å². The van der Waals surface area contributed by atoms with Gasteiger partial charge in [-0.15, -0.1) is 11.3 Å². The van der Waals surface area contributed by atoms with E-state index in [2.05, 4.69) is 11.4 Å². The first kappa shape index (κ1) is 18.4. The number of aromatic hydroxyl groups is 1. The Morgan fingerprint density at radius 2 is 2.17 bits per heavy atom. The van der Waals surface area contributed by atoms with E-state index in [9.17, 15) is 14.7 Å². The van der Waals surface area contributed by atoms with Gasteiger partial charge in [0.15, 0.2) is 6.61 Å². The number of hydrogen-bond acceptors (Lipinski definition) is 6. The molecule has 1 aromatic carbocycles. The van der Waals surface area contributed by atoms with Crippen LogP contribution in [0.2, 0.25) is 0 Å². The number of thioether (sulfide) groups is 1. The van der Waals surface area contributed by atoms with Crippen LogP contribution in [-0.2, 0) is 15.3 Å². The molecule has 0 radical (unpaired) electrons. The number of hydrogen-bond donors (Lipinski definition) is 2. The van der Waals surface area contributed by atoms with Gasteiger partial charge in [0.1, 0.15) is 11.3 Å². The van der Waals surface area contributed by atoms with Crippen molar-refractivity contribution in [3.8, 4) is 5.75 Å². The molecule has 2 N–H and O–H groups in total. The lowest BCUT2D eigenvalue weighted by molar-refractivity contribution is -0.124. The number of nitrogens with one attached hydrogen (secondary N) is 1. The second kappa shape index (κ2) is 9.34. The summed E-state index contributed by atoms with van der Waals surface area (Å²) in [5.74, 6) is 0.493. The lowest BCUT2D eigenvalue weighted by atomic mass is 10.1. The summed E-state index contributed by atoms with van der Waals surface area (Å²) in [6.45, 7) is 1.96. The molecule has 0 spiro atoms. The maximum atomic E-state index is 11.9. The van der Waals surface area contributed by atoms with Gasteiger partial charge in [0, 0.05) is 22.9 Å². The van der Waals surface area contributed by atoms with E-state index in [4.69, 9.17) is 4.74 Å². The molecule has 2 rings (SSSR count). The highest BCUT2D eigenvalue weighted by Gasteiger charge is 2.14. The van der Waals surface area contributed by atoms with E-state index in [0.29, 0.717) is 6.54 Å². The van der Waals surface area contributed by atoms with Gasteiger partial charge in [-0.05, 0) is 30.5 Å². The number of esters is 1. The number of benzene rings is 1. The average molecular weight is 365 g/mol. The van der Waals surface area contributed by atoms with Gasteiger partial charge in [0.2, 0.25) is 0 Å². The molecule has 0 unspecified atom stereocenters. The topological polar surface area (TPSA) is 75.6 Å². The minimum Gasteiger partial charge on any atom is -0.507 e. The molecule has 7 heteroatoms. The Bertz CT molecular complexity index is 686. The molecule has 0 saturated heterocycles. The number of phenols is 1. The third-order valence-electron chi connectivity index (χ3n) is 3.10. The number of phenolic OH excluding ortho intramolecular Hbond substituents is 1. The standard InChI is InChI=1S/C17H19NO4S2/c1-12-4-5-15(19)14(9-12)17(21)22-10-16(20)18-6-8-23-11-13-3-2-7-24-13/h2-5,7,9,19H,6,8,10-11H2,1H3,(H,18,20). The number of ether oxygens (including phenoxy) is 1. The molecule has 0 aliphatic heterocycles. The van der Waals surface area contributed by atoms with Crippen LogP contribution in [0.3, 0.4) is 0 Å². The Hall–Kier alpha value is -1.99. The van der Waals surface area contributed by atoms with Crippen LogP contribution < -0.4 is 5.32 Å². The van der Waals surface area contributed by atoms with Crippen molar-refractivity contribution in [3.63, 3.8) is 0 Å². The maximum absolute atomic E-state index is 11.9. The van der Waals surface area contributed by atoms with Crippen LogP contribution in [0.15, 0.2) is 35.7 Å².